The van der Waals surface area contributed by atoms with E-state index in [9.17, 15) is 9.59 Å². The van der Waals surface area contributed by atoms with Crippen LogP contribution in [0, 0.1) is 10.7 Å². The van der Waals surface area contributed by atoms with Crippen LogP contribution in [0.5, 0.6) is 0 Å². The molecule has 6 heteroatoms. The van der Waals surface area contributed by atoms with Crippen molar-refractivity contribution >= 4 is 29.0 Å². The number of fused-ring (bicyclic) bond motifs is 1. The molecule has 1 aromatic carbocycles. The Morgan fingerprint density at radius 1 is 1.35 bits per heavy atom. The van der Waals surface area contributed by atoms with Crippen molar-refractivity contribution in [2.75, 3.05) is 6.54 Å². The number of aromatic amines is 1. The summed E-state index contributed by atoms with van der Waals surface area (Å²) in [5, 5.41) is 3.52. The molecule has 1 fully saturated rings. The molecule has 2 aromatic rings. The fourth-order valence-electron chi connectivity index (χ4n) is 2.90. The Balaban J connectivity index is 1.61. The van der Waals surface area contributed by atoms with E-state index in [-0.39, 0.29) is 17.9 Å². The van der Waals surface area contributed by atoms with Gasteiger partial charge in [0.15, 0.2) is 4.77 Å². The average molecular weight is 331 g/mol. The SMILES string of the molecule is O=C(CCn1c(=S)[nH]c2ccccc2c1=O)NCCC1CCC1. The molecule has 0 aliphatic heterocycles. The lowest BCUT2D eigenvalue weighted by atomic mass is 9.83. The minimum atomic E-state index is -0.147. The zero-order valence-corrected chi connectivity index (χ0v) is 13.8. The number of amides is 1. The van der Waals surface area contributed by atoms with Crippen molar-refractivity contribution in [2.24, 2.45) is 5.92 Å². The minimum absolute atomic E-state index is 0.0289. The number of benzene rings is 1. The predicted octanol–water partition coefficient (Wildman–Crippen LogP) is 2.76. The Morgan fingerprint density at radius 2 is 2.13 bits per heavy atom. The number of rotatable bonds is 6. The number of carbonyl (C=O) groups excluding carboxylic acids is 1. The van der Waals surface area contributed by atoms with Crippen molar-refractivity contribution < 1.29 is 4.79 Å². The fraction of sp³-hybridized carbons (Fsp3) is 0.471. The highest BCUT2D eigenvalue weighted by molar-refractivity contribution is 7.71. The molecule has 0 spiro atoms. The number of nitrogens with one attached hydrogen (secondary N) is 2. The van der Waals surface area contributed by atoms with Gasteiger partial charge in [-0.05, 0) is 36.7 Å². The van der Waals surface area contributed by atoms with E-state index >= 15 is 0 Å². The maximum absolute atomic E-state index is 12.5. The van der Waals surface area contributed by atoms with Crippen molar-refractivity contribution in [1.82, 2.24) is 14.9 Å². The maximum atomic E-state index is 12.5. The first kappa shape index (κ1) is 15.9. The van der Waals surface area contributed by atoms with Gasteiger partial charge in [-0.15, -0.1) is 0 Å². The molecule has 0 atom stereocenters. The van der Waals surface area contributed by atoms with Crippen molar-refractivity contribution in [2.45, 2.75) is 38.6 Å². The van der Waals surface area contributed by atoms with E-state index in [4.69, 9.17) is 12.2 Å². The Kier molecular flexibility index (Phi) is 4.91. The number of carbonyl (C=O) groups is 1. The summed E-state index contributed by atoms with van der Waals surface area (Å²) in [6, 6.07) is 7.26. The van der Waals surface area contributed by atoms with E-state index in [0.29, 0.717) is 16.7 Å². The van der Waals surface area contributed by atoms with E-state index in [1.807, 2.05) is 18.2 Å². The summed E-state index contributed by atoms with van der Waals surface area (Å²) < 4.78 is 1.82. The van der Waals surface area contributed by atoms with Gasteiger partial charge in [0.1, 0.15) is 0 Å². The summed E-state index contributed by atoms with van der Waals surface area (Å²) in [5.74, 6) is 0.756. The third-order valence-electron chi connectivity index (χ3n) is 4.55. The summed E-state index contributed by atoms with van der Waals surface area (Å²) in [5.41, 5.74) is 0.579. The second kappa shape index (κ2) is 7.08. The normalized spacial score (nSPS) is 14.6. The zero-order chi connectivity index (χ0) is 16.2. The van der Waals surface area contributed by atoms with Crippen LogP contribution in [0.1, 0.15) is 32.1 Å². The monoisotopic (exact) mass is 331 g/mol. The number of hydrogen-bond donors (Lipinski definition) is 2. The third kappa shape index (κ3) is 3.69. The lowest BCUT2D eigenvalue weighted by Gasteiger charge is -2.25. The molecule has 23 heavy (non-hydrogen) atoms. The van der Waals surface area contributed by atoms with Crippen molar-refractivity contribution in [3.8, 4) is 0 Å². The van der Waals surface area contributed by atoms with Gasteiger partial charge in [-0.1, -0.05) is 31.4 Å². The first-order valence-corrected chi connectivity index (χ1v) is 8.54. The van der Waals surface area contributed by atoms with Gasteiger partial charge in [0.25, 0.3) is 5.56 Å². The molecule has 0 saturated heterocycles. The van der Waals surface area contributed by atoms with Crippen LogP contribution in [0.25, 0.3) is 10.9 Å². The largest absolute Gasteiger partial charge is 0.356 e. The van der Waals surface area contributed by atoms with Gasteiger partial charge >= 0.3 is 0 Å². The minimum Gasteiger partial charge on any atom is -0.356 e. The molecule has 1 aliphatic carbocycles. The molecule has 1 amide bonds. The topological polar surface area (TPSA) is 66.9 Å². The van der Waals surface area contributed by atoms with E-state index in [2.05, 4.69) is 10.3 Å². The third-order valence-corrected chi connectivity index (χ3v) is 4.87. The summed E-state index contributed by atoms with van der Waals surface area (Å²) >= 11 is 5.24. The molecule has 0 bridgehead atoms. The summed E-state index contributed by atoms with van der Waals surface area (Å²) in [6.07, 6.45) is 5.22. The maximum Gasteiger partial charge on any atom is 0.262 e. The molecule has 1 heterocycles. The molecule has 122 valence electrons. The van der Waals surface area contributed by atoms with E-state index in [1.165, 1.54) is 23.8 Å². The number of H-pyrrole nitrogens is 1. The summed E-state index contributed by atoms with van der Waals surface area (Å²) in [6.45, 7) is 1.03. The highest BCUT2D eigenvalue weighted by Gasteiger charge is 2.16. The van der Waals surface area contributed by atoms with Crippen molar-refractivity contribution in [1.29, 1.82) is 0 Å². The quantitative estimate of drug-likeness (QED) is 0.800. The average Bonchev–Trinajstić information content (AvgIpc) is 2.49. The van der Waals surface area contributed by atoms with Crippen LogP contribution in [0.4, 0.5) is 0 Å². The first-order chi connectivity index (χ1) is 11.1. The number of aromatic nitrogens is 2. The van der Waals surface area contributed by atoms with E-state index < -0.39 is 0 Å². The molecule has 1 aliphatic rings. The molecular weight excluding hydrogens is 310 g/mol. The number of hydrogen-bond acceptors (Lipinski definition) is 3. The number of nitrogens with zero attached hydrogens (tertiary/aromatic N) is 1. The van der Waals surface area contributed by atoms with Crippen LogP contribution in [-0.2, 0) is 11.3 Å². The van der Waals surface area contributed by atoms with Gasteiger partial charge in [-0.3, -0.25) is 14.2 Å². The molecular formula is C17H21N3O2S. The standard InChI is InChI=1S/C17H21N3O2S/c21-15(18-10-8-12-4-3-5-12)9-11-20-16(22)13-6-1-2-7-14(13)19-17(20)23/h1-2,6-7,12H,3-5,8-11H2,(H,18,21)(H,19,23). The molecule has 5 nitrogen and oxygen atoms in total. The highest BCUT2D eigenvalue weighted by atomic mass is 32.1. The summed E-state index contributed by atoms with van der Waals surface area (Å²) in [7, 11) is 0. The Morgan fingerprint density at radius 3 is 2.87 bits per heavy atom. The Hall–Kier alpha value is -1.95. The van der Waals surface area contributed by atoms with Gasteiger partial charge in [0, 0.05) is 19.5 Å². The second-order valence-electron chi connectivity index (χ2n) is 6.12. The Bertz CT molecular complexity index is 820. The zero-order valence-electron chi connectivity index (χ0n) is 13.0. The molecule has 1 aromatic heterocycles. The van der Waals surface area contributed by atoms with Crippen LogP contribution < -0.4 is 10.9 Å². The van der Waals surface area contributed by atoms with Crippen LogP contribution in [0.15, 0.2) is 29.1 Å². The first-order valence-electron chi connectivity index (χ1n) is 8.14. The molecule has 0 radical (unpaired) electrons. The molecule has 0 unspecified atom stereocenters. The van der Waals surface area contributed by atoms with Gasteiger partial charge < -0.3 is 10.3 Å². The van der Waals surface area contributed by atoms with Gasteiger partial charge in [-0.2, -0.15) is 0 Å². The second-order valence-corrected chi connectivity index (χ2v) is 6.50. The van der Waals surface area contributed by atoms with Crippen molar-refractivity contribution in [3.63, 3.8) is 0 Å². The number of para-hydroxylation sites is 1. The lowest BCUT2D eigenvalue weighted by Crippen LogP contribution is -2.30. The van der Waals surface area contributed by atoms with Crippen molar-refractivity contribution in [3.05, 3.63) is 39.4 Å². The molecule has 1 saturated carbocycles. The predicted molar refractivity (Wildman–Crippen MR) is 93.0 cm³/mol. The smallest absolute Gasteiger partial charge is 0.262 e. The molecule has 2 N–H and O–H groups in total. The van der Waals surface area contributed by atoms with Gasteiger partial charge in [-0.25, -0.2) is 0 Å². The van der Waals surface area contributed by atoms with Gasteiger partial charge in [0.2, 0.25) is 5.91 Å². The highest BCUT2D eigenvalue weighted by Crippen LogP contribution is 2.28. The van der Waals surface area contributed by atoms with E-state index in [1.54, 1.807) is 6.07 Å². The van der Waals surface area contributed by atoms with Crippen LogP contribution >= 0.6 is 12.2 Å². The summed E-state index contributed by atoms with van der Waals surface area (Å²) in [4.78, 5) is 27.4. The fourth-order valence-corrected chi connectivity index (χ4v) is 3.19. The molecule has 3 rings (SSSR count). The van der Waals surface area contributed by atoms with Gasteiger partial charge in [0.05, 0.1) is 10.9 Å². The Labute approximate surface area is 139 Å². The van der Waals surface area contributed by atoms with Crippen LogP contribution in [0.3, 0.4) is 0 Å². The van der Waals surface area contributed by atoms with Crippen LogP contribution in [0.2, 0.25) is 0 Å². The van der Waals surface area contributed by atoms with Crippen LogP contribution in [-0.4, -0.2) is 22.0 Å². The van der Waals surface area contributed by atoms with E-state index in [0.717, 1.165) is 24.4 Å². The lowest BCUT2D eigenvalue weighted by molar-refractivity contribution is -0.121.